The summed E-state index contributed by atoms with van der Waals surface area (Å²) in [5.74, 6) is 1.20. The highest BCUT2D eigenvalue weighted by molar-refractivity contribution is 5.43. The Kier molecular flexibility index (Phi) is 3.84. The third-order valence-corrected chi connectivity index (χ3v) is 2.55. The molecular weight excluding hydrogens is 234 g/mol. The number of ether oxygens (including phenoxy) is 2. The molecule has 0 spiro atoms. The second-order valence-electron chi connectivity index (χ2n) is 3.91. The second-order valence-corrected chi connectivity index (χ2v) is 3.91. The topological polar surface area (TPSA) is 64.7 Å². The average molecular weight is 249 g/mol. The first-order valence-corrected chi connectivity index (χ1v) is 5.57. The van der Waals surface area contributed by atoms with E-state index in [-0.39, 0.29) is 0 Å². The number of hydrogen-bond donors (Lipinski definition) is 1. The van der Waals surface area contributed by atoms with Crippen LogP contribution in [0.25, 0.3) is 0 Å². The number of benzene rings is 1. The summed E-state index contributed by atoms with van der Waals surface area (Å²) in [5.41, 5.74) is 1.63. The lowest BCUT2D eigenvalue weighted by Crippen LogP contribution is -1.98. The minimum absolute atomic E-state index is 0.355. The van der Waals surface area contributed by atoms with Crippen LogP contribution >= 0.6 is 0 Å². The highest BCUT2D eigenvalue weighted by atomic mass is 16.5. The fraction of sp³-hybridized carbons (Fsp3) is 0.308. The molecular formula is C13H15NO4. The Morgan fingerprint density at radius 2 is 2.22 bits per heavy atom. The minimum atomic E-state index is -0.536. The summed E-state index contributed by atoms with van der Waals surface area (Å²) < 4.78 is 15.5. The van der Waals surface area contributed by atoms with Gasteiger partial charge in [-0.05, 0) is 24.6 Å². The Morgan fingerprint density at radius 3 is 2.83 bits per heavy atom. The number of nitrogens with zero attached hydrogens (tertiary/aromatic N) is 1. The standard InChI is InChI=1S/C13H15NO4/c1-9(15)11-3-4-12(13(5-11)16-2)17-7-10-6-14-18-8-10/h3-6,8-9,15H,7H2,1-2H3/t9-/m1/s1. The molecule has 0 saturated heterocycles. The van der Waals surface area contributed by atoms with E-state index in [1.54, 1.807) is 38.4 Å². The van der Waals surface area contributed by atoms with Gasteiger partial charge in [0.25, 0.3) is 0 Å². The predicted molar refractivity (Wildman–Crippen MR) is 64.5 cm³/mol. The Hall–Kier alpha value is -2.01. The molecule has 0 bridgehead atoms. The Morgan fingerprint density at radius 1 is 1.39 bits per heavy atom. The molecule has 1 atom stereocenters. The van der Waals surface area contributed by atoms with Gasteiger partial charge in [-0.3, -0.25) is 0 Å². The number of rotatable bonds is 5. The highest BCUT2D eigenvalue weighted by Crippen LogP contribution is 2.30. The zero-order valence-corrected chi connectivity index (χ0v) is 10.3. The fourth-order valence-electron chi connectivity index (χ4n) is 1.52. The summed E-state index contributed by atoms with van der Waals surface area (Å²) in [5, 5.41) is 13.1. The summed E-state index contributed by atoms with van der Waals surface area (Å²) in [7, 11) is 1.56. The first kappa shape index (κ1) is 12.4. The largest absolute Gasteiger partial charge is 0.493 e. The van der Waals surface area contributed by atoms with Gasteiger partial charge in [-0.25, -0.2) is 0 Å². The van der Waals surface area contributed by atoms with Crippen LogP contribution in [0.4, 0.5) is 0 Å². The third-order valence-electron chi connectivity index (χ3n) is 2.55. The lowest BCUT2D eigenvalue weighted by molar-refractivity contribution is 0.198. The van der Waals surface area contributed by atoms with E-state index in [1.807, 2.05) is 0 Å². The molecule has 1 heterocycles. The van der Waals surface area contributed by atoms with Crippen LogP contribution in [0.5, 0.6) is 11.5 Å². The van der Waals surface area contributed by atoms with E-state index in [0.29, 0.717) is 18.1 Å². The molecule has 0 aliphatic heterocycles. The monoisotopic (exact) mass is 249 g/mol. The van der Waals surface area contributed by atoms with E-state index in [2.05, 4.69) is 5.16 Å². The molecule has 5 nitrogen and oxygen atoms in total. The molecule has 96 valence electrons. The maximum Gasteiger partial charge on any atom is 0.161 e. The van der Waals surface area contributed by atoms with Crippen molar-refractivity contribution in [2.45, 2.75) is 19.6 Å². The van der Waals surface area contributed by atoms with Crippen molar-refractivity contribution >= 4 is 0 Å². The molecule has 0 amide bonds. The van der Waals surface area contributed by atoms with Crippen molar-refractivity contribution in [2.24, 2.45) is 0 Å². The maximum absolute atomic E-state index is 9.50. The van der Waals surface area contributed by atoms with Gasteiger partial charge in [-0.2, -0.15) is 0 Å². The molecule has 0 radical (unpaired) electrons. The van der Waals surface area contributed by atoms with E-state index in [9.17, 15) is 5.11 Å². The summed E-state index contributed by atoms with van der Waals surface area (Å²) in [6.45, 7) is 2.06. The zero-order valence-electron chi connectivity index (χ0n) is 10.3. The number of hydrogen-bond acceptors (Lipinski definition) is 5. The second kappa shape index (κ2) is 5.55. The maximum atomic E-state index is 9.50. The minimum Gasteiger partial charge on any atom is -0.493 e. The van der Waals surface area contributed by atoms with Crippen molar-refractivity contribution in [2.75, 3.05) is 7.11 Å². The Balaban J connectivity index is 2.12. The molecule has 0 saturated carbocycles. The quantitative estimate of drug-likeness (QED) is 0.880. The average Bonchev–Trinajstić information content (AvgIpc) is 2.89. The SMILES string of the molecule is COc1cc([C@@H](C)O)ccc1OCc1cnoc1. The molecule has 1 aromatic heterocycles. The van der Waals surface area contributed by atoms with Gasteiger partial charge in [0.1, 0.15) is 12.9 Å². The van der Waals surface area contributed by atoms with Gasteiger partial charge < -0.3 is 19.1 Å². The third kappa shape index (κ3) is 2.81. The smallest absolute Gasteiger partial charge is 0.161 e. The molecule has 0 fully saturated rings. The van der Waals surface area contributed by atoms with E-state index < -0.39 is 6.10 Å². The first-order valence-electron chi connectivity index (χ1n) is 5.57. The number of aromatic nitrogens is 1. The summed E-state index contributed by atoms with van der Waals surface area (Å²) >= 11 is 0. The van der Waals surface area contributed by atoms with Crippen molar-refractivity contribution in [3.63, 3.8) is 0 Å². The lowest BCUT2D eigenvalue weighted by atomic mass is 10.1. The normalized spacial score (nSPS) is 12.2. The van der Waals surface area contributed by atoms with Gasteiger partial charge in [0.05, 0.1) is 19.4 Å². The van der Waals surface area contributed by atoms with Crippen molar-refractivity contribution < 1.29 is 19.1 Å². The molecule has 0 aliphatic rings. The van der Waals surface area contributed by atoms with Crippen LogP contribution < -0.4 is 9.47 Å². The van der Waals surface area contributed by atoms with E-state index in [0.717, 1.165) is 11.1 Å². The molecule has 1 aromatic carbocycles. The van der Waals surface area contributed by atoms with Gasteiger partial charge in [0.2, 0.25) is 0 Å². The van der Waals surface area contributed by atoms with Crippen LogP contribution in [-0.4, -0.2) is 17.4 Å². The van der Waals surface area contributed by atoms with Crippen molar-refractivity contribution in [1.29, 1.82) is 0 Å². The van der Waals surface area contributed by atoms with Crippen LogP contribution in [-0.2, 0) is 6.61 Å². The van der Waals surface area contributed by atoms with Gasteiger partial charge in [-0.15, -0.1) is 0 Å². The summed E-state index contributed by atoms with van der Waals surface area (Å²) in [6, 6.07) is 5.33. The number of methoxy groups -OCH3 is 1. The van der Waals surface area contributed by atoms with Crippen LogP contribution in [0.15, 0.2) is 35.2 Å². The number of aliphatic hydroxyl groups excluding tert-OH is 1. The van der Waals surface area contributed by atoms with Crippen LogP contribution in [0.3, 0.4) is 0 Å². The molecule has 1 N–H and O–H groups in total. The molecule has 2 aromatic rings. The fourth-order valence-corrected chi connectivity index (χ4v) is 1.52. The van der Waals surface area contributed by atoms with Gasteiger partial charge >= 0.3 is 0 Å². The lowest BCUT2D eigenvalue weighted by Gasteiger charge is -2.12. The summed E-state index contributed by atoms with van der Waals surface area (Å²) in [6.07, 6.45) is 2.58. The van der Waals surface area contributed by atoms with Crippen LogP contribution in [0.2, 0.25) is 0 Å². The van der Waals surface area contributed by atoms with Gasteiger partial charge in [-0.1, -0.05) is 11.2 Å². The first-order chi connectivity index (χ1) is 8.70. The Labute approximate surface area is 105 Å². The molecule has 0 unspecified atom stereocenters. The number of aliphatic hydroxyl groups is 1. The van der Waals surface area contributed by atoms with Crippen LogP contribution in [0.1, 0.15) is 24.2 Å². The van der Waals surface area contributed by atoms with Gasteiger partial charge in [0.15, 0.2) is 11.5 Å². The molecule has 0 aliphatic carbocycles. The van der Waals surface area contributed by atoms with E-state index >= 15 is 0 Å². The van der Waals surface area contributed by atoms with E-state index in [4.69, 9.17) is 14.0 Å². The zero-order chi connectivity index (χ0) is 13.0. The molecule has 18 heavy (non-hydrogen) atoms. The van der Waals surface area contributed by atoms with Crippen molar-refractivity contribution in [3.05, 3.63) is 41.8 Å². The summed E-state index contributed by atoms with van der Waals surface area (Å²) in [4.78, 5) is 0. The highest BCUT2D eigenvalue weighted by Gasteiger charge is 2.09. The van der Waals surface area contributed by atoms with Crippen molar-refractivity contribution in [3.8, 4) is 11.5 Å². The predicted octanol–water partition coefficient (Wildman–Crippen LogP) is 2.32. The van der Waals surface area contributed by atoms with Crippen molar-refractivity contribution in [1.82, 2.24) is 5.16 Å². The molecule has 5 heteroatoms. The van der Waals surface area contributed by atoms with Gasteiger partial charge in [0, 0.05) is 5.56 Å². The molecule has 2 rings (SSSR count). The Bertz CT molecular complexity index is 494. The van der Waals surface area contributed by atoms with E-state index in [1.165, 1.54) is 6.26 Å². The van der Waals surface area contributed by atoms with Crippen LogP contribution in [0, 0.1) is 0 Å².